The lowest BCUT2D eigenvalue weighted by Crippen LogP contribution is -2.07. The number of non-ortho nitro benzene ring substituents is 1. The lowest BCUT2D eigenvalue weighted by Gasteiger charge is -2.08. The Morgan fingerprint density at radius 1 is 1.17 bits per heavy atom. The van der Waals surface area contributed by atoms with E-state index in [0.717, 1.165) is 6.07 Å². The van der Waals surface area contributed by atoms with E-state index in [4.69, 9.17) is 9.47 Å². The fraction of sp³-hybridized carbons (Fsp3) is 0.400. The van der Waals surface area contributed by atoms with Gasteiger partial charge in [0, 0.05) is 18.7 Å². The first-order valence-corrected chi connectivity index (χ1v) is 5.02. The van der Waals surface area contributed by atoms with Gasteiger partial charge in [-0.3, -0.25) is 20.2 Å². The highest BCUT2D eigenvalue weighted by molar-refractivity contribution is 5.58. The molecule has 1 aromatic rings. The zero-order valence-electron chi connectivity index (χ0n) is 9.91. The molecule has 0 aliphatic heterocycles. The predicted molar refractivity (Wildman–Crippen MR) is 61.9 cm³/mol. The van der Waals surface area contributed by atoms with Crippen LogP contribution in [-0.2, 0) is 4.74 Å². The van der Waals surface area contributed by atoms with E-state index in [-0.39, 0.29) is 24.7 Å². The molecule has 0 amide bonds. The van der Waals surface area contributed by atoms with Gasteiger partial charge in [0.25, 0.3) is 5.69 Å². The average Bonchev–Trinajstić information content (AvgIpc) is 2.30. The van der Waals surface area contributed by atoms with Crippen LogP contribution in [-0.4, -0.2) is 30.2 Å². The van der Waals surface area contributed by atoms with Gasteiger partial charge in [0.05, 0.1) is 22.5 Å². The van der Waals surface area contributed by atoms with Gasteiger partial charge in [0.2, 0.25) is 5.75 Å². The molecule has 0 aliphatic rings. The van der Waals surface area contributed by atoms with Crippen LogP contribution < -0.4 is 4.74 Å². The van der Waals surface area contributed by atoms with Gasteiger partial charge in [0.1, 0.15) is 6.61 Å². The highest BCUT2D eigenvalue weighted by atomic mass is 16.6. The van der Waals surface area contributed by atoms with Gasteiger partial charge in [-0.25, -0.2) is 0 Å². The fourth-order valence-electron chi connectivity index (χ4n) is 1.39. The second-order valence-electron chi connectivity index (χ2n) is 3.47. The molecule has 98 valence electrons. The van der Waals surface area contributed by atoms with Crippen LogP contribution in [0.4, 0.5) is 11.4 Å². The minimum absolute atomic E-state index is 0.0302. The fourth-order valence-corrected chi connectivity index (χ4v) is 1.39. The molecule has 0 fully saturated rings. The van der Waals surface area contributed by atoms with Gasteiger partial charge >= 0.3 is 5.69 Å². The molecule has 0 bridgehead atoms. The summed E-state index contributed by atoms with van der Waals surface area (Å²) in [7, 11) is 1.47. The SMILES string of the molecule is COCCOc1c(C)cc([N+](=O)[O-])cc1[N+](=O)[O-]. The molecule has 0 saturated heterocycles. The van der Waals surface area contributed by atoms with E-state index in [1.165, 1.54) is 20.1 Å². The number of nitrogens with zero attached hydrogens (tertiary/aromatic N) is 2. The molecule has 0 spiro atoms. The Morgan fingerprint density at radius 2 is 1.83 bits per heavy atom. The molecule has 0 aliphatic carbocycles. The molecule has 1 rings (SSSR count). The quantitative estimate of drug-likeness (QED) is 0.436. The maximum absolute atomic E-state index is 10.9. The summed E-state index contributed by atoms with van der Waals surface area (Å²) in [5.41, 5.74) is -0.414. The van der Waals surface area contributed by atoms with Crippen LogP contribution in [0.1, 0.15) is 5.56 Å². The van der Waals surface area contributed by atoms with Gasteiger partial charge in [-0.1, -0.05) is 0 Å². The number of methoxy groups -OCH3 is 1. The molecule has 0 atom stereocenters. The van der Waals surface area contributed by atoms with Gasteiger partial charge in [-0.2, -0.15) is 0 Å². The third kappa shape index (κ3) is 3.14. The first-order valence-electron chi connectivity index (χ1n) is 5.02. The van der Waals surface area contributed by atoms with E-state index in [1.807, 2.05) is 0 Å². The molecule has 0 aromatic heterocycles. The number of benzene rings is 1. The summed E-state index contributed by atoms with van der Waals surface area (Å²) in [5, 5.41) is 21.5. The Balaban J connectivity index is 3.15. The third-order valence-corrected chi connectivity index (χ3v) is 2.18. The van der Waals surface area contributed by atoms with Crippen molar-refractivity contribution in [2.45, 2.75) is 6.92 Å². The van der Waals surface area contributed by atoms with Crippen molar-refractivity contribution >= 4 is 11.4 Å². The molecule has 8 heteroatoms. The first kappa shape index (κ1) is 13.8. The Kier molecular flexibility index (Phi) is 4.55. The molecular weight excluding hydrogens is 244 g/mol. The molecule has 0 unspecified atom stereocenters. The highest BCUT2D eigenvalue weighted by Crippen LogP contribution is 2.34. The minimum Gasteiger partial charge on any atom is -0.484 e. The number of aryl methyl sites for hydroxylation is 1. The van der Waals surface area contributed by atoms with Crippen molar-refractivity contribution < 1.29 is 19.3 Å². The van der Waals surface area contributed by atoms with Crippen LogP contribution >= 0.6 is 0 Å². The van der Waals surface area contributed by atoms with Crippen molar-refractivity contribution in [1.82, 2.24) is 0 Å². The maximum Gasteiger partial charge on any atom is 0.318 e. The Bertz CT molecular complexity index is 474. The van der Waals surface area contributed by atoms with E-state index in [2.05, 4.69) is 0 Å². The number of hydrogen-bond acceptors (Lipinski definition) is 6. The summed E-state index contributed by atoms with van der Waals surface area (Å²) in [6, 6.07) is 2.12. The topological polar surface area (TPSA) is 105 Å². The molecule has 18 heavy (non-hydrogen) atoms. The largest absolute Gasteiger partial charge is 0.484 e. The predicted octanol–water partition coefficient (Wildman–Crippen LogP) is 1.84. The summed E-state index contributed by atoms with van der Waals surface area (Å²) in [4.78, 5) is 20.1. The molecule has 1 aromatic carbocycles. The smallest absolute Gasteiger partial charge is 0.318 e. The molecule has 0 N–H and O–H groups in total. The van der Waals surface area contributed by atoms with E-state index >= 15 is 0 Å². The molecule has 8 nitrogen and oxygen atoms in total. The van der Waals surface area contributed by atoms with Crippen LogP contribution in [0.5, 0.6) is 5.75 Å². The number of ether oxygens (including phenoxy) is 2. The minimum atomic E-state index is -0.706. The third-order valence-electron chi connectivity index (χ3n) is 2.18. The van der Waals surface area contributed by atoms with E-state index in [9.17, 15) is 20.2 Å². The standard InChI is InChI=1S/C10H12N2O6/c1-7-5-8(11(13)14)6-9(12(15)16)10(7)18-4-3-17-2/h5-6H,3-4H2,1-2H3. The summed E-state index contributed by atoms with van der Waals surface area (Å²) in [6.45, 7) is 1.92. The average molecular weight is 256 g/mol. The zero-order valence-corrected chi connectivity index (χ0v) is 9.91. The summed E-state index contributed by atoms with van der Waals surface area (Å²) >= 11 is 0. The van der Waals surface area contributed by atoms with Gasteiger partial charge in [-0.15, -0.1) is 0 Å². The maximum atomic E-state index is 10.9. The monoisotopic (exact) mass is 256 g/mol. The Hall–Kier alpha value is -2.22. The molecular formula is C10H12N2O6. The summed E-state index contributed by atoms with van der Waals surface area (Å²) in [5.74, 6) is 0.0302. The van der Waals surface area contributed by atoms with Crippen LogP contribution in [0.25, 0.3) is 0 Å². The van der Waals surface area contributed by atoms with Crippen LogP contribution in [0.3, 0.4) is 0 Å². The van der Waals surface area contributed by atoms with Crippen LogP contribution in [0.2, 0.25) is 0 Å². The lowest BCUT2D eigenvalue weighted by molar-refractivity contribution is -0.394. The number of rotatable bonds is 6. The van der Waals surface area contributed by atoms with E-state index < -0.39 is 15.5 Å². The first-order chi connectivity index (χ1) is 8.47. The number of nitro benzene ring substituents is 2. The van der Waals surface area contributed by atoms with Crippen LogP contribution in [0, 0.1) is 27.2 Å². The molecule has 0 radical (unpaired) electrons. The highest BCUT2D eigenvalue weighted by Gasteiger charge is 2.23. The number of hydrogen-bond donors (Lipinski definition) is 0. The van der Waals surface area contributed by atoms with E-state index in [0.29, 0.717) is 5.56 Å². The normalized spacial score (nSPS) is 10.1. The second-order valence-corrected chi connectivity index (χ2v) is 3.47. The van der Waals surface area contributed by atoms with Crippen molar-refractivity contribution in [1.29, 1.82) is 0 Å². The van der Waals surface area contributed by atoms with Crippen molar-refractivity contribution in [2.75, 3.05) is 20.3 Å². The van der Waals surface area contributed by atoms with Gasteiger partial charge in [-0.05, 0) is 6.92 Å². The van der Waals surface area contributed by atoms with Crippen LogP contribution in [0.15, 0.2) is 12.1 Å². The Labute approximate surface area is 102 Å². The van der Waals surface area contributed by atoms with Gasteiger partial charge in [0.15, 0.2) is 0 Å². The van der Waals surface area contributed by atoms with Crippen molar-refractivity contribution in [2.24, 2.45) is 0 Å². The van der Waals surface area contributed by atoms with Crippen molar-refractivity contribution in [3.8, 4) is 5.75 Å². The van der Waals surface area contributed by atoms with Crippen molar-refractivity contribution in [3.63, 3.8) is 0 Å². The summed E-state index contributed by atoms with van der Waals surface area (Å²) in [6.07, 6.45) is 0. The molecule has 0 heterocycles. The van der Waals surface area contributed by atoms with Crippen molar-refractivity contribution in [3.05, 3.63) is 37.9 Å². The summed E-state index contributed by atoms with van der Waals surface area (Å²) < 4.78 is 9.98. The lowest BCUT2D eigenvalue weighted by atomic mass is 10.1. The second kappa shape index (κ2) is 5.92. The van der Waals surface area contributed by atoms with E-state index in [1.54, 1.807) is 0 Å². The Morgan fingerprint density at radius 3 is 2.33 bits per heavy atom. The zero-order chi connectivity index (χ0) is 13.7. The molecule has 0 saturated carbocycles. The number of nitro groups is 2. The van der Waals surface area contributed by atoms with Gasteiger partial charge < -0.3 is 9.47 Å².